The van der Waals surface area contributed by atoms with Gasteiger partial charge < -0.3 is 14.1 Å². The number of furan rings is 1. The summed E-state index contributed by atoms with van der Waals surface area (Å²) in [6, 6.07) is 4.57. The SMILES string of the molecule is CCCC(CCC)n1c(-c2ccoc2)nc2cc(C(=O)O)c(F)cc21. The second-order valence-corrected chi connectivity index (χ2v) is 6.17. The van der Waals surface area contributed by atoms with E-state index in [0.717, 1.165) is 31.2 Å². The van der Waals surface area contributed by atoms with Gasteiger partial charge in [0.2, 0.25) is 0 Å². The number of nitrogens with zero attached hydrogens (tertiary/aromatic N) is 2. The molecule has 0 unspecified atom stereocenters. The van der Waals surface area contributed by atoms with Gasteiger partial charge in [-0.3, -0.25) is 0 Å². The van der Waals surface area contributed by atoms with Crippen molar-refractivity contribution in [2.75, 3.05) is 0 Å². The van der Waals surface area contributed by atoms with Crippen LogP contribution in [0.5, 0.6) is 0 Å². The van der Waals surface area contributed by atoms with Crippen LogP contribution in [0.15, 0.2) is 35.1 Å². The number of halogens is 1. The normalized spacial score (nSPS) is 11.5. The first-order valence-corrected chi connectivity index (χ1v) is 8.54. The maximum absolute atomic E-state index is 14.3. The van der Waals surface area contributed by atoms with E-state index in [2.05, 4.69) is 18.8 Å². The van der Waals surface area contributed by atoms with E-state index in [0.29, 0.717) is 16.9 Å². The fraction of sp³-hybridized carbons (Fsp3) is 0.368. The topological polar surface area (TPSA) is 68.3 Å². The molecular weight excluding hydrogens is 323 g/mol. The molecule has 0 atom stereocenters. The van der Waals surface area contributed by atoms with Crippen LogP contribution in [0.3, 0.4) is 0 Å². The van der Waals surface area contributed by atoms with Gasteiger partial charge in [0.1, 0.15) is 17.9 Å². The fourth-order valence-corrected chi connectivity index (χ4v) is 3.31. The molecule has 0 aliphatic carbocycles. The lowest BCUT2D eigenvalue weighted by Crippen LogP contribution is -2.10. The van der Waals surface area contributed by atoms with Crippen molar-refractivity contribution in [3.8, 4) is 11.4 Å². The third kappa shape index (κ3) is 3.16. The summed E-state index contributed by atoms with van der Waals surface area (Å²) >= 11 is 0. The number of carboxylic acid groups (broad SMARTS) is 1. The summed E-state index contributed by atoms with van der Waals surface area (Å²) in [4.78, 5) is 15.8. The fourth-order valence-electron chi connectivity index (χ4n) is 3.31. The number of aromatic nitrogens is 2. The lowest BCUT2D eigenvalue weighted by atomic mass is 10.1. The molecule has 0 aliphatic rings. The van der Waals surface area contributed by atoms with E-state index in [1.54, 1.807) is 18.6 Å². The van der Waals surface area contributed by atoms with E-state index in [1.807, 2.05) is 4.57 Å². The van der Waals surface area contributed by atoms with Crippen molar-refractivity contribution >= 4 is 17.0 Å². The van der Waals surface area contributed by atoms with Crippen LogP contribution in [0.25, 0.3) is 22.4 Å². The molecule has 0 fully saturated rings. The highest BCUT2D eigenvalue weighted by atomic mass is 19.1. The van der Waals surface area contributed by atoms with Crippen LogP contribution in [0, 0.1) is 5.82 Å². The number of fused-ring (bicyclic) bond motifs is 1. The summed E-state index contributed by atoms with van der Waals surface area (Å²) in [7, 11) is 0. The van der Waals surface area contributed by atoms with Gasteiger partial charge in [0, 0.05) is 12.1 Å². The van der Waals surface area contributed by atoms with Gasteiger partial charge in [-0.2, -0.15) is 0 Å². The van der Waals surface area contributed by atoms with Crippen molar-refractivity contribution in [1.29, 1.82) is 0 Å². The number of carboxylic acids is 1. The van der Waals surface area contributed by atoms with Crippen LogP contribution in [-0.2, 0) is 0 Å². The van der Waals surface area contributed by atoms with Gasteiger partial charge in [-0.25, -0.2) is 14.2 Å². The average molecular weight is 344 g/mol. The molecule has 5 nitrogen and oxygen atoms in total. The van der Waals surface area contributed by atoms with Crippen LogP contribution in [0.2, 0.25) is 0 Å². The molecule has 1 aromatic carbocycles. The third-order valence-corrected chi connectivity index (χ3v) is 4.40. The summed E-state index contributed by atoms with van der Waals surface area (Å²) in [5, 5.41) is 9.17. The molecule has 0 radical (unpaired) electrons. The van der Waals surface area contributed by atoms with Gasteiger partial charge in [-0.15, -0.1) is 0 Å². The number of aromatic carboxylic acids is 1. The molecule has 0 aliphatic heterocycles. The lowest BCUT2D eigenvalue weighted by molar-refractivity contribution is 0.0692. The van der Waals surface area contributed by atoms with E-state index in [4.69, 9.17) is 4.42 Å². The molecule has 6 heteroatoms. The Morgan fingerprint density at radius 1 is 1.32 bits per heavy atom. The minimum absolute atomic E-state index is 0.167. The van der Waals surface area contributed by atoms with Gasteiger partial charge in [0.15, 0.2) is 0 Å². The zero-order valence-electron chi connectivity index (χ0n) is 14.3. The van der Waals surface area contributed by atoms with Gasteiger partial charge in [0.05, 0.1) is 28.4 Å². The highest BCUT2D eigenvalue weighted by molar-refractivity contribution is 5.93. The molecule has 1 N–H and O–H groups in total. The Morgan fingerprint density at radius 2 is 2.04 bits per heavy atom. The summed E-state index contributed by atoms with van der Waals surface area (Å²) in [5.74, 6) is -1.36. The molecule has 132 valence electrons. The molecule has 3 rings (SSSR count). The lowest BCUT2D eigenvalue weighted by Gasteiger charge is -2.20. The standard InChI is InChI=1S/C19H21FN2O3/c1-3-5-13(6-4-2)22-17-10-15(20)14(19(23)24)9-16(17)21-18(22)12-7-8-25-11-12/h7-11,13H,3-6H2,1-2H3,(H,23,24). The molecule has 0 saturated heterocycles. The Hall–Kier alpha value is -2.63. The Morgan fingerprint density at radius 3 is 2.60 bits per heavy atom. The largest absolute Gasteiger partial charge is 0.478 e. The summed E-state index contributed by atoms with van der Waals surface area (Å²) in [6.45, 7) is 4.23. The minimum atomic E-state index is -1.29. The van der Waals surface area contributed by atoms with Gasteiger partial charge in [-0.05, 0) is 25.0 Å². The zero-order chi connectivity index (χ0) is 18.0. The zero-order valence-corrected chi connectivity index (χ0v) is 14.3. The van der Waals surface area contributed by atoms with Crippen molar-refractivity contribution in [2.24, 2.45) is 0 Å². The number of carbonyl (C=O) groups is 1. The molecule has 0 saturated carbocycles. The monoisotopic (exact) mass is 344 g/mol. The Bertz CT molecular complexity index is 878. The van der Waals surface area contributed by atoms with Crippen LogP contribution in [-0.4, -0.2) is 20.6 Å². The van der Waals surface area contributed by atoms with Crippen molar-refractivity contribution in [2.45, 2.75) is 45.6 Å². The summed E-state index contributed by atoms with van der Waals surface area (Å²) in [6.07, 6.45) is 7.02. The average Bonchev–Trinajstić information content (AvgIpc) is 3.20. The summed E-state index contributed by atoms with van der Waals surface area (Å²) < 4.78 is 21.5. The number of imidazole rings is 1. The number of rotatable bonds is 7. The minimum Gasteiger partial charge on any atom is -0.478 e. The quantitative estimate of drug-likeness (QED) is 0.633. The van der Waals surface area contributed by atoms with E-state index in [9.17, 15) is 14.3 Å². The van der Waals surface area contributed by atoms with Crippen LogP contribution in [0.4, 0.5) is 4.39 Å². The van der Waals surface area contributed by atoms with E-state index in [1.165, 1.54) is 12.1 Å². The highest BCUT2D eigenvalue weighted by Gasteiger charge is 2.23. The first-order valence-electron chi connectivity index (χ1n) is 8.54. The molecule has 0 amide bonds. The molecule has 2 aromatic heterocycles. The van der Waals surface area contributed by atoms with Crippen molar-refractivity contribution in [3.63, 3.8) is 0 Å². The van der Waals surface area contributed by atoms with Crippen molar-refractivity contribution < 1.29 is 18.7 Å². The first-order chi connectivity index (χ1) is 12.1. The Kier molecular flexibility index (Phi) is 4.88. The van der Waals surface area contributed by atoms with Crippen LogP contribution in [0.1, 0.15) is 55.9 Å². The molecule has 0 bridgehead atoms. The highest BCUT2D eigenvalue weighted by Crippen LogP contribution is 2.34. The molecule has 0 spiro atoms. The number of benzene rings is 1. The third-order valence-electron chi connectivity index (χ3n) is 4.40. The van der Waals surface area contributed by atoms with Gasteiger partial charge in [0.25, 0.3) is 0 Å². The van der Waals surface area contributed by atoms with Crippen LogP contribution < -0.4 is 0 Å². The smallest absolute Gasteiger partial charge is 0.338 e. The van der Waals surface area contributed by atoms with E-state index in [-0.39, 0.29) is 11.6 Å². The number of hydrogen-bond donors (Lipinski definition) is 1. The first kappa shape index (κ1) is 17.2. The predicted octanol–water partition coefficient (Wildman–Crippen LogP) is 5.27. The van der Waals surface area contributed by atoms with Crippen LogP contribution >= 0.6 is 0 Å². The predicted molar refractivity (Wildman–Crippen MR) is 93.2 cm³/mol. The molecular formula is C19H21FN2O3. The maximum Gasteiger partial charge on any atom is 0.338 e. The second kappa shape index (κ2) is 7.09. The van der Waals surface area contributed by atoms with E-state index < -0.39 is 11.8 Å². The maximum atomic E-state index is 14.3. The molecule has 2 heterocycles. The van der Waals surface area contributed by atoms with Gasteiger partial charge >= 0.3 is 5.97 Å². The molecule has 3 aromatic rings. The van der Waals surface area contributed by atoms with Crippen molar-refractivity contribution in [1.82, 2.24) is 9.55 Å². The molecule has 25 heavy (non-hydrogen) atoms. The second-order valence-electron chi connectivity index (χ2n) is 6.17. The van der Waals surface area contributed by atoms with E-state index >= 15 is 0 Å². The summed E-state index contributed by atoms with van der Waals surface area (Å²) in [5.41, 5.74) is 1.53. The Balaban J connectivity index is 2.28. The van der Waals surface area contributed by atoms with Gasteiger partial charge in [-0.1, -0.05) is 26.7 Å². The van der Waals surface area contributed by atoms with Crippen molar-refractivity contribution in [3.05, 3.63) is 42.1 Å². The number of hydrogen-bond acceptors (Lipinski definition) is 3. The Labute approximate surface area is 145 Å².